The van der Waals surface area contributed by atoms with E-state index < -0.39 is 11.6 Å². The third-order valence-corrected chi connectivity index (χ3v) is 5.66. The predicted octanol–water partition coefficient (Wildman–Crippen LogP) is 2.00. The first-order valence-electron chi connectivity index (χ1n) is 9.17. The van der Waals surface area contributed by atoms with E-state index in [1.165, 1.54) is 26.9 Å². The Morgan fingerprint density at radius 1 is 1.10 bits per heavy atom. The summed E-state index contributed by atoms with van der Waals surface area (Å²) in [5.41, 5.74) is -0.0136. The van der Waals surface area contributed by atoms with Crippen molar-refractivity contribution in [2.45, 2.75) is 19.6 Å². The number of halogens is 1. The molecule has 30 heavy (non-hydrogen) atoms. The highest BCUT2D eigenvalue weighted by Crippen LogP contribution is 2.22. The van der Waals surface area contributed by atoms with Gasteiger partial charge in [0, 0.05) is 25.2 Å². The molecule has 0 saturated carbocycles. The molecule has 11 heteroatoms. The van der Waals surface area contributed by atoms with Gasteiger partial charge in [-0.15, -0.1) is 16.4 Å². The topological polar surface area (TPSA) is 99.0 Å². The van der Waals surface area contributed by atoms with Crippen molar-refractivity contribution in [2.24, 2.45) is 0 Å². The molecular weight excluding hydrogens is 411 g/mol. The summed E-state index contributed by atoms with van der Waals surface area (Å²) in [6, 6.07) is 10.0. The molecule has 0 spiro atoms. The zero-order valence-electron chi connectivity index (χ0n) is 15.6. The third kappa shape index (κ3) is 3.22. The van der Waals surface area contributed by atoms with Crippen LogP contribution in [0.2, 0.25) is 0 Å². The minimum Gasteiger partial charge on any atom is -0.333 e. The second kappa shape index (κ2) is 7.34. The van der Waals surface area contributed by atoms with Gasteiger partial charge in [0.15, 0.2) is 5.82 Å². The molecule has 0 radical (unpaired) electrons. The Hall–Kier alpha value is -3.60. The van der Waals surface area contributed by atoms with E-state index >= 15 is 0 Å². The average Bonchev–Trinajstić information content (AvgIpc) is 3.48. The maximum atomic E-state index is 13.9. The molecule has 0 fully saturated rings. The van der Waals surface area contributed by atoms with E-state index in [1.54, 1.807) is 18.2 Å². The van der Waals surface area contributed by atoms with Crippen LogP contribution in [0.15, 0.2) is 51.1 Å². The molecule has 1 amide bonds. The largest absolute Gasteiger partial charge is 0.346 e. The van der Waals surface area contributed by atoms with Crippen molar-refractivity contribution in [1.29, 1.82) is 0 Å². The zero-order valence-corrected chi connectivity index (χ0v) is 16.4. The van der Waals surface area contributed by atoms with E-state index in [1.807, 2.05) is 17.5 Å². The van der Waals surface area contributed by atoms with Crippen molar-refractivity contribution in [3.63, 3.8) is 0 Å². The molecule has 152 valence electrons. The molecule has 0 unspecified atom stereocenters. The summed E-state index contributed by atoms with van der Waals surface area (Å²) in [6.45, 7) is 0.660. The molecule has 4 heterocycles. The highest BCUT2D eigenvalue weighted by molar-refractivity contribution is 7.13. The number of aromatic nitrogens is 5. The standard InChI is InChI=1S/C19H15FN6O3S/c20-13-5-2-1-4-12(13)10-24-7-8-25-16(18(24)27)22-26(19(25)28)11-15-21-17(29-23-15)14-6-3-9-30-14/h1-6,9H,7-8,10-11H2. The molecule has 5 rings (SSSR count). The van der Waals surface area contributed by atoms with Gasteiger partial charge >= 0.3 is 5.69 Å². The van der Waals surface area contributed by atoms with Crippen molar-refractivity contribution in [3.05, 3.63) is 75.3 Å². The van der Waals surface area contributed by atoms with Gasteiger partial charge in [0.1, 0.15) is 12.4 Å². The summed E-state index contributed by atoms with van der Waals surface area (Å²) < 4.78 is 21.6. The quantitative estimate of drug-likeness (QED) is 0.484. The number of benzene rings is 1. The molecule has 4 aromatic rings. The molecule has 0 saturated heterocycles. The van der Waals surface area contributed by atoms with Gasteiger partial charge in [-0.1, -0.05) is 29.4 Å². The number of carbonyl (C=O) groups excluding carboxylic acids is 1. The Balaban J connectivity index is 1.38. The second-order valence-electron chi connectivity index (χ2n) is 6.73. The van der Waals surface area contributed by atoms with Crippen molar-refractivity contribution in [1.82, 2.24) is 29.4 Å². The van der Waals surface area contributed by atoms with Crippen molar-refractivity contribution < 1.29 is 13.7 Å². The van der Waals surface area contributed by atoms with Gasteiger partial charge in [-0.05, 0) is 17.5 Å². The summed E-state index contributed by atoms with van der Waals surface area (Å²) in [5, 5.41) is 9.96. The summed E-state index contributed by atoms with van der Waals surface area (Å²) in [6.07, 6.45) is 0. The lowest BCUT2D eigenvalue weighted by Gasteiger charge is -2.26. The number of amides is 1. The van der Waals surface area contributed by atoms with E-state index in [0.29, 0.717) is 11.5 Å². The molecule has 1 aliphatic heterocycles. The lowest BCUT2D eigenvalue weighted by atomic mass is 10.2. The Morgan fingerprint density at radius 3 is 2.77 bits per heavy atom. The number of rotatable bonds is 5. The minimum atomic E-state index is -0.425. The molecule has 1 aromatic carbocycles. The maximum absolute atomic E-state index is 13.9. The summed E-state index contributed by atoms with van der Waals surface area (Å²) in [5.74, 6) is -0.134. The number of thiophene rings is 1. The SMILES string of the molecule is O=C1c2nn(Cc3noc(-c4cccs4)n3)c(=O)n2CCN1Cc1ccccc1F. The smallest absolute Gasteiger partial charge is 0.333 e. The monoisotopic (exact) mass is 426 g/mol. The van der Waals surface area contributed by atoms with Crippen LogP contribution in [0, 0.1) is 5.82 Å². The van der Waals surface area contributed by atoms with Crippen molar-refractivity contribution in [2.75, 3.05) is 6.54 Å². The fraction of sp³-hybridized carbons (Fsp3) is 0.211. The summed E-state index contributed by atoms with van der Waals surface area (Å²) in [7, 11) is 0. The van der Waals surface area contributed by atoms with Crippen LogP contribution in [0.3, 0.4) is 0 Å². The van der Waals surface area contributed by atoms with Gasteiger partial charge in [0.05, 0.1) is 4.88 Å². The van der Waals surface area contributed by atoms with Crippen LogP contribution in [-0.4, -0.2) is 41.8 Å². The first kappa shape index (κ1) is 18.4. The van der Waals surface area contributed by atoms with Crippen LogP contribution in [0.1, 0.15) is 22.0 Å². The Bertz CT molecular complexity index is 1280. The Kier molecular flexibility index (Phi) is 4.51. The van der Waals surface area contributed by atoms with Crippen molar-refractivity contribution in [3.8, 4) is 10.8 Å². The number of fused-ring (bicyclic) bond motifs is 1. The Labute approximate surface area is 173 Å². The van der Waals surface area contributed by atoms with Gasteiger partial charge in [0.2, 0.25) is 5.82 Å². The van der Waals surface area contributed by atoms with Gasteiger partial charge in [-0.25, -0.2) is 13.9 Å². The van der Waals surface area contributed by atoms with E-state index in [0.717, 1.165) is 9.56 Å². The third-order valence-electron chi connectivity index (χ3n) is 4.81. The Morgan fingerprint density at radius 2 is 1.97 bits per heavy atom. The number of carbonyl (C=O) groups is 1. The van der Waals surface area contributed by atoms with E-state index in [4.69, 9.17) is 4.52 Å². The lowest BCUT2D eigenvalue weighted by molar-refractivity contribution is 0.0679. The number of hydrogen-bond acceptors (Lipinski definition) is 7. The zero-order chi connectivity index (χ0) is 20.7. The van der Waals surface area contributed by atoms with Crippen LogP contribution < -0.4 is 5.69 Å². The highest BCUT2D eigenvalue weighted by atomic mass is 32.1. The molecule has 0 bridgehead atoms. The van der Waals surface area contributed by atoms with Crippen LogP contribution in [0.4, 0.5) is 4.39 Å². The second-order valence-corrected chi connectivity index (χ2v) is 7.67. The fourth-order valence-electron chi connectivity index (χ4n) is 3.30. The van der Waals surface area contributed by atoms with Gasteiger partial charge in [-0.3, -0.25) is 9.36 Å². The summed E-state index contributed by atoms with van der Waals surface area (Å²) >= 11 is 1.46. The van der Waals surface area contributed by atoms with E-state index in [9.17, 15) is 14.0 Å². The minimum absolute atomic E-state index is 0.0181. The van der Waals surface area contributed by atoms with Crippen molar-refractivity contribution >= 4 is 17.2 Å². The molecule has 3 aromatic heterocycles. The molecular formula is C19H15FN6O3S. The van der Waals surface area contributed by atoms with Crippen LogP contribution >= 0.6 is 11.3 Å². The molecule has 9 nitrogen and oxygen atoms in total. The van der Waals surface area contributed by atoms with E-state index in [2.05, 4.69) is 15.2 Å². The van der Waals surface area contributed by atoms with Gasteiger partial charge in [0.25, 0.3) is 11.8 Å². The van der Waals surface area contributed by atoms with Gasteiger partial charge in [-0.2, -0.15) is 4.98 Å². The number of nitrogens with zero attached hydrogens (tertiary/aromatic N) is 6. The van der Waals surface area contributed by atoms with Gasteiger partial charge < -0.3 is 9.42 Å². The fourth-order valence-corrected chi connectivity index (χ4v) is 3.95. The van der Waals surface area contributed by atoms with Crippen LogP contribution in [0.5, 0.6) is 0 Å². The van der Waals surface area contributed by atoms with E-state index in [-0.39, 0.29) is 43.6 Å². The molecule has 0 atom stereocenters. The summed E-state index contributed by atoms with van der Waals surface area (Å²) in [4.78, 5) is 32.1. The maximum Gasteiger partial charge on any atom is 0.346 e. The van der Waals surface area contributed by atoms with Crippen LogP contribution in [-0.2, 0) is 19.6 Å². The van der Waals surface area contributed by atoms with Crippen LogP contribution in [0.25, 0.3) is 10.8 Å². The molecule has 0 N–H and O–H groups in total. The normalized spacial score (nSPS) is 13.6. The molecule has 0 aliphatic carbocycles. The number of hydrogen-bond donors (Lipinski definition) is 0. The lowest BCUT2D eigenvalue weighted by Crippen LogP contribution is -2.42. The average molecular weight is 426 g/mol. The first-order chi connectivity index (χ1) is 14.6. The first-order valence-corrected chi connectivity index (χ1v) is 10.0. The highest BCUT2D eigenvalue weighted by Gasteiger charge is 2.30. The predicted molar refractivity (Wildman–Crippen MR) is 104 cm³/mol. The molecule has 1 aliphatic rings.